The van der Waals surface area contributed by atoms with E-state index in [9.17, 15) is 9.90 Å². The van der Waals surface area contributed by atoms with Crippen LogP contribution in [0, 0.1) is 6.92 Å². The number of nitrogens with zero attached hydrogens (tertiary/aromatic N) is 3. The maximum atomic E-state index is 11.5. The Morgan fingerprint density at radius 2 is 2.00 bits per heavy atom. The summed E-state index contributed by atoms with van der Waals surface area (Å²) in [5.41, 5.74) is 4.58. The van der Waals surface area contributed by atoms with Crippen LogP contribution in [0.2, 0.25) is 0 Å². The normalized spacial score (nSPS) is 15.7. The number of hydrogen-bond acceptors (Lipinski definition) is 5. The summed E-state index contributed by atoms with van der Waals surface area (Å²) >= 11 is 0. The summed E-state index contributed by atoms with van der Waals surface area (Å²) in [6.07, 6.45) is 0.387. The summed E-state index contributed by atoms with van der Waals surface area (Å²) in [7, 11) is 1.63. The van der Waals surface area contributed by atoms with Crippen molar-refractivity contribution in [1.82, 2.24) is 9.78 Å². The van der Waals surface area contributed by atoms with Crippen LogP contribution in [0.25, 0.3) is 11.3 Å². The fourth-order valence-corrected chi connectivity index (χ4v) is 3.41. The number of carbonyl (C=O) groups is 1. The van der Waals surface area contributed by atoms with E-state index >= 15 is 0 Å². The predicted molar refractivity (Wildman–Crippen MR) is 108 cm³/mol. The average Bonchev–Trinajstić information content (AvgIpc) is 3.36. The molecule has 1 unspecified atom stereocenters. The first-order valence-corrected chi connectivity index (χ1v) is 9.29. The maximum Gasteiger partial charge on any atom is 0.356 e. The molecule has 1 aliphatic rings. The van der Waals surface area contributed by atoms with Crippen LogP contribution in [0.5, 0.6) is 5.75 Å². The minimum atomic E-state index is -1.05. The lowest BCUT2D eigenvalue weighted by atomic mass is 10.0. The number of aromatic nitrogens is 2. The highest BCUT2D eigenvalue weighted by molar-refractivity contribution is 6.01. The Labute approximate surface area is 168 Å². The van der Waals surface area contributed by atoms with E-state index in [0.29, 0.717) is 13.0 Å². The Morgan fingerprint density at radius 3 is 2.69 bits per heavy atom. The van der Waals surface area contributed by atoms with Crippen molar-refractivity contribution in [2.24, 2.45) is 5.16 Å². The number of aromatic carboxylic acids is 1. The van der Waals surface area contributed by atoms with Crippen molar-refractivity contribution in [3.05, 3.63) is 71.4 Å². The molecule has 0 aliphatic carbocycles. The molecule has 0 saturated carbocycles. The molecular weight excluding hydrogens is 370 g/mol. The third-order valence-corrected chi connectivity index (χ3v) is 4.95. The first kappa shape index (κ1) is 18.7. The molecule has 1 aromatic heterocycles. The van der Waals surface area contributed by atoms with Gasteiger partial charge in [-0.2, -0.15) is 5.10 Å². The largest absolute Gasteiger partial charge is 0.497 e. The van der Waals surface area contributed by atoms with Gasteiger partial charge in [-0.15, -0.1) is 0 Å². The zero-order chi connectivity index (χ0) is 20.4. The van der Waals surface area contributed by atoms with E-state index in [0.717, 1.165) is 33.8 Å². The van der Waals surface area contributed by atoms with Gasteiger partial charge in [0.15, 0.2) is 11.8 Å². The molecule has 0 fully saturated rings. The number of aryl methyl sites for hydroxylation is 1. The lowest BCUT2D eigenvalue weighted by Crippen LogP contribution is -2.19. The minimum absolute atomic E-state index is 0.0116. The fourth-order valence-electron chi connectivity index (χ4n) is 3.41. The molecular formula is C22H21N3O4. The van der Waals surface area contributed by atoms with Crippen molar-refractivity contribution >= 4 is 11.7 Å². The van der Waals surface area contributed by atoms with E-state index < -0.39 is 5.97 Å². The van der Waals surface area contributed by atoms with Crippen LogP contribution in [0.1, 0.15) is 28.0 Å². The molecule has 0 radical (unpaired) electrons. The van der Waals surface area contributed by atoms with Crippen LogP contribution in [0.3, 0.4) is 0 Å². The SMILES string of the molecule is COc1ccc(C2=NOC(Cn3nc(C(=O)O)cc3-c3ccccc3C)C2)cc1. The van der Waals surface area contributed by atoms with Crippen molar-refractivity contribution in [2.45, 2.75) is 26.0 Å². The Hall–Kier alpha value is -3.61. The van der Waals surface area contributed by atoms with E-state index in [1.54, 1.807) is 17.9 Å². The number of methoxy groups -OCH3 is 1. The van der Waals surface area contributed by atoms with Gasteiger partial charge in [-0.25, -0.2) is 4.79 Å². The number of carboxylic acids is 1. The van der Waals surface area contributed by atoms with E-state index in [1.807, 2.05) is 55.5 Å². The second-order valence-corrected chi connectivity index (χ2v) is 6.92. The van der Waals surface area contributed by atoms with Crippen molar-refractivity contribution in [2.75, 3.05) is 7.11 Å². The summed E-state index contributed by atoms with van der Waals surface area (Å²) in [4.78, 5) is 17.1. The number of hydrogen-bond donors (Lipinski definition) is 1. The molecule has 2 heterocycles. The van der Waals surface area contributed by atoms with Crippen LogP contribution >= 0.6 is 0 Å². The van der Waals surface area contributed by atoms with Crippen LogP contribution in [-0.4, -0.2) is 39.8 Å². The molecule has 148 valence electrons. The third-order valence-electron chi connectivity index (χ3n) is 4.95. The summed E-state index contributed by atoms with van der Waals surface area (Å²) < 4.78 is 6.89. The molecule has 1 aliphatic heterocycles. The highest BCUT2D eigenvalue weighted by atomic mass is 16.6. The lowest BCUT2D eigenvalue weighted by Gasteiger charge is -2.13. The second kappa shape index (κ2) is 7.79. The fraction of sp³-hybridized carbons (Fsp3) is 0.227. The summed E-state index contributed by atoms with van der Waals surface area (Å²) in [5.74, 6) is -0.272. The van der Waals surface area contributed by atoms with Crippen LogP contribution in [0.4, 0.5) is 0 Å². The number of rotatable bonds is 6. The quantitative estimate of drug-likeness (QED) is 0.691. The Morgan fingerprint density at radius 1 is 1.24 bits per heavy atom. The van der Waals surface area contributed by atoms with E-state index in [2.05, 4.69) is 10.3 Å². The molecule has 0 spiro atoms. The van der Waals surface area contributed by atoms with Gasteiger partial charge in [0, 0.05) is 12.0 Å². The number of carboxylic acid groups (broad SMARTS) is 1. The Bertz CT molecular complexity index is 1070. The van der Waals surface area contributed by atoms with E-state index in [4.69, 9.17) is 9.57 Å². The molecule has 3 aromatic rings. The molecule has 0 saturated heterocycles. The summed E-state index contributed by atoms with van der Waals surface area (Å²) in [6.45, 7) is 2.39. The highest BCUT2D eigenvalue weighted by Crippen LogP contribution is 2.26. The van der Waals surface area contributed by atoms with E-state index in [1.165, 1.54) is 0 Å². The minimum Gasteiger partial charge on any atom is -0.497 e. The Balaban J connectivity index is 1.55. The van der Waals surface area contributed by atoms with Crippen LogP contribution in [0.15, 0.2) is 59.8 Å². The van der Waals surface area contributed by atoms with Gasteiger partial charge < -0.3 is 14.7 Å². The van der Waals surface area contributed by atoms with Gasteiger partial charge >= 0.3 is 5.97 Å². The molecule has 0 bridgehead atoms. The molecule has 1 atom stereocenters. The van der Waals surface area contributed by atoms with Crippen LogP contribution in [-0.2, 0) is 11.4 Å². The van der Waals surface area contributed by atoms with Gasteiger partial charge in [-0.3, -0.25) is 4.68 Å². The van der Waals surface area contributed by atoms with Crippen LogP contribution < -0.4 is 4.74 Å². The predicted octanol–water partition coefficient (Wildman–Crippen LogP) is 3.76. The van der Waals surface area contributed by atoms with E-state index in [-0.39, 0.29) is 11.8 Å². The highest BCUT2D eigenvalue weighted by Gasteiger charge is 2.25. The van der Waals surface area contributed by atoms with Gasteiger partial charge in [0.25, 0.3) is 0 Å². The second-order valence-electron chi connectivity index (χ2n) is 6.92. The monoisotopic (exact) mass is 391 g/mol. The Kier molecular flexibility index (Phi) is 5.03. The first-order chi connectivity index (χ1) is 14.0. The van der Waals surface area contributed by atoms with Crippen molar-refractivity contribution in [1.29, 1.82) is 0 Å². The zero-order valence-electron chi connectivity index (χ0n) is 16.2. The van der Waals surface area contributed by atoms with Gasteiger partial charge in [-0.1, -0.05) is 29.4 Å². The van der Waals surface area contributed by atoms with Gasteiger partial charge in [-0.05, 0) is 48.4 Å². The molecule has 0 amide bonds. The first-order valence-electron chi connectivity index (χ1n) is 9.29. The topological polar surface area (TPSA) is 85.9 Å². The maximum absolute atomic E-state index is 11.5. The third kappa shape index (κ3) is 3.85. The average molecular weight is 391 g/mol. The van der Waals surface area contributed by atoms with Crippen molar-refractivity contribution < 1.29 is 19.5 Å². The van der Waals surface area contributed by atoms with Gasteiger partial charge in [0.2, 0.25) is 0 Å². The molecule has 7 nitrogen and oxygen atoms in total. The van der Waals surface area contributed by atoms with Gasteiger partial charge in [0.1, 0.15) is 5.75 Å². The number of oxime groups is 1. The molecule has 2 aromatic carbocycles. The van der Waals surface area contributed by atoms with Crippen molar-refractivity contribution in [3.8, 4) is 17.0 Å². The molecule has 29 heavy (non-hydrogen) atoms. The smallest absolute Gasteiger partial charge is 0.356 e. The van der Waals surface area contributed by atoms with Gasteiger partial charge in [0.05, 0.1) is 25.1 Å². The van der Waals surface area contributed by atoms with Crippen molar-refractivity contribution in [3.63, 3.8) is 0 Å². The lowest BCUT2D eigenvalue weighted by molar-refractivity contribution is 0.0663. The molecule has 7 heteroatoms. The number of benzene rings is 2. The summed E-state index contributed by atoms with van der Waals surface area (Å²) in [6, 6.07) is 17.1. The summed E-state index contributed by atoms with van der Waals surface area (Å²) in [5, 5.41) is 17.9. The number of ether oxygens (including phenoxy) is 1. The zero-order valence-corrected chi connectivity index (χ0v) is 16.2. The molecule has 4 rings (SSSR count). The standard InChI is InChI=1S/C22H21N3O4/c1-14-5-3-4-6-18(14)21-12-20(22(26)27)23-25(21)13-17-11-19(24-29-17)15-7-9-16(28-2)10-8-15/h3-10,12,17H,11,13H2,1-2H3,(H,26,27). The molecule has 1 N–H and O–H groups in total.